The number of hydrogen-bond donors (Lipinski definition) is 0. The number of benzene rings is 2. The van der Waals surface area contributed by atoms with Crippen molar-refractivity contribution in [2.24, 2.45) is 0 Å². The van der Waals surface area contributed by atoms with Gasteiger partial charge in [-0.3, -0.25) is 0 Å². The molecule has 1 aromatic heterocycles. The lowest BCUT2D eigenvalue weighted by Gasteiger charge is -2.20. The first-order chi connectivity index (χ1) is 9.97. The van der Waals surface area contributed by atoms with Crippen LogP contribution in [-0.4, -0.2) is 10.7 Å². The van der Waals surface area contributed by atoms with Crippen molar-refractivity contribution < 1.29 is 4.74 Å². The second-order valence-corrected chi connectivity index (χ2v) is 6.35. The fourth-order valence-corrected chi connectivity index (χ4v) is 3.19. The molecule has 0 fully saturated rings. The second-order valence-electron chi connectivity index (χ2n) is 5.48. The van der Waals surface area contributed by atoms with E-state index in [1.807, 2.05) is 50.2 Å². The molecule has 2 nitrogen and oxygen atoms in total. The van der Waals surface area contributed by atoms with Gasteiger partial charge in [-0.05, 0) is 57.2 Å². The Kier molecular flexibility index (Phi) is 3.87. The van der Waals surface area contributed by atoms with Crippen molar-refractivity contribution >= 4 is 45.0 Å². The highest BCUT2D eigenvalue weighted by molar-refractivity contribution is 6.33. The Morgan fingerprint density at radius 2 is 1.33 bits per heavy atom. The molecular formula is C17H17Cl2NO. The molecule has 0 aliphatic rings. The summed E-state index contributed by atoms with van der Waals surface area (Å²) in [6.07, 6.45) is 0.0967. The maximum atomic E-state index is 6.16. The number of halogens is 2. The molecule has 0 unspecified atom stereocenters. The summed E-state index contributed by atoms with van der Waals surface area (Å²) in [5, 5.41) is 3.64. The summed E-state index contributed by atoms with van der Waals surface area (Å²) >= 11 is 12.3. The number of fused-ring (bicyclic) bond motifs is 3. The Balaban J connectivity index is 2.34. The van der Waals surface area contributed by atoms with Crippen molar-refractivity contribution in [1.29, 1.82) is 0 Å². The fourth-order valence-electron chi connectivity index (χ4n) is 2.84. The van der Waals surface area contributed by atoms with Crippen LogP contribution in [0.15, 0.2) is 36.4 Å². The van der Waals surface area contributed by atoms with Crippen molar-refractivity contribution in [3.8, 4) is 0 Å². The zero-order chi connectivity index (χ0) is 15.1. The largest absolute Gasteiger partial charge is 0.356 e. The van der Waals surface area contributed by atoms with Gasteiger partial charge in [0, 0.05) is 20.8 Å². The molecule has 0 N–H and O–H groups in total. The van der Waals surface area contributed by atoms with Crippen LogP contribution in [-0.2, 0) is 4.74 Å². The summed E-state index contributed by atoms with van der Waals surface area (Å²) in [5.41, 5.74) is 2.20. The van der Waals surface area contributed by atoms with Gasteiger partial charge in [0.05, 0.1) is 17.1 Å². The van der Waals surface area contributed by atoms with Crippen LogP contribution in [0.3, 0.4) is 0 Å². The first-order valence-electron chi connectivity index (χ1n) is 7.01. The maximum absolute atomic E-state index is 6.16. The molecule has 0 saturated carbocycles. The van der Waals surface area contributed by atoms with Crippen molar-refractivity contribution in [3.63, 3.8) is 0 Å². The van der Waals surface area contributed by atoms with Gasteiger partial charge in [0.2, 0.25) is 0 Å². The van der Waals surface area contributed by atoms with Gasteiger partial charge in [0.25, 0.3) is 0 Å². The predicted molar refractivity (Wildman–Crippen MR) is 90.4 cm³/mol. The lowest BCUT2D eigenvalue weighted by molar-refractivity contribution is -0.0200. The summed E-state index contributed by atoms with van der Waals surface area (Å²) in [5.74, 6) is 0. The quantitative estimate of drug-likeness (QED) is 0.573. The van der Waals surface area contributed by atoms with Crippen LogP contribution in [0.1, 0.15) is 27.0 Å². The average molecular weight is 322 g/mol. The lowest BCUT2D eigenvalue weighted by Crippen LogP contribution is -2.13. The van der Waals surface area contributed by atoms with E-state index in [1.54, 1.807) is 0 Å². The summed E-state index contributed by atoms with van der Waals surface area (Å²) in [7, 11) is 0. The van der Waals surface area contributed by atoms with Gasteiger partial charge >= 0.3 is 0 Å². The molecule has 21 heavy (non-hydrogen) atoms. The molecule has 0 saturated heterocycles. The molecular weight excluding hydrogens is 305 g/mol. The molecule has 0 aliphatic carbocycles. The third-order valence-electron chi connectivity index (χ3n) is 3.56. The van der Waals surface area contributed by atoms with Crippen LogP contribution in [0.5, 0.6) is 0 Å². The van der Waals surface area contributed by atoms with E-state index >= 15 is 0 Å². The highest BCUT2D eigenvalue weighted by atomic mass is 35.5. The zero-order valence-corrected chi connectivity index (χ0v) is 13.7. The molecule has 0 amide bonds. The molecule has 0 bridgehead atoms. The Morgan fingerprint density at radius 3 is 1.76 bits per heavy atom. The standard InChI is InChI=1S/C17H17Cl2NO/c1-10(2)21-11(3)20-16-6-4-12(18)8-14(16)15-9-13(19)5-7-17(15)20/h4-11H,1-3H3/t11-/m1/s1. The number of aromatic nitrogens is 1. The topological polar surface area (TPSA) is 14.2 Å². The monoisotopic (exact) mass is 321 g/mol. The molecule has 2 aromatic carbocycles. The minimum atomic E-state index is -0.0626. The normalized spacial score (nSPS) is 13.4. The molecule has 0 aliphatic heterocycles. The summed E-state index contributed by atoms with van der Waals surface area (Å²) in [6, 6.07) is 11.8. The molecule has 110 valence electrons. The molecule has 1 heterocycles. The number of nitrogens with zero attached hydrogens (tertiary/aromatic N) is 1. The van der Waals surface area contributed by atoms with E-state index in [2.05, 4.69) is 11.5 Å². The Hall–Kier alpha value is -1.22. The lowest BCUT2D eigenvalue weighted by atomic mass is 10.1. The third kappa shape index (κ3) is 2.64. The Bertz CT molecular complexity index is 748. The molecule has 0 spiro atoms. The first kappa shape index (κ1) is 14.7. The SMILES string of the molecule is CC(C)O[C@H](C)n1c2ccc(Cl)cc2c2cc(Cl)ccc21. The summed E-state index contributed by atoms with van der Waals surface area (Å²) in [4.78, 5) is 0. The van der Waals surface area contributed by atoms with Gasteiger partial charge in [-0.15, -0.1) is 0 Å². The van der Waals surface area contributed by atoms with E-state index in [0.29, 0.717) is 0 Å². The second kappa shape index (κ2) is 5.53. The molecule has 3 rings (SSSR count). The van der Waals surface area contributed by atoms with Gasteiger partial charge in [0.1, 0.15) is 6.23 Å². The van der Waals surface area contributed by atoms with E-state index in [4.69, 9.17) is 27.9 Å². The zero-order valence-electron chi connectivity index (χ0n) is 12.2. The maximum Gasteiger partial charge on any atom is 0.132 e. The fraction of sp³-hybridized carbons (Fsp3) is 0.294. The van der Waals surface area contributed by atoms with E-state index in [0.717, 1.165) is 31.9 Å². The van der Waals surface area contributed by atoms with Gasteiger partial charge in [-0.25, -0.2) is 0 Å². The van der Waals surface area contributed by atoms with Gasteiger partial charge in [-0.1, -0.05) is 23.2 Å². The highest BCUT2D eigenvalue weighted by Crippen LogP contribution is 2.35. The molecule has 1 atom stereocenters. The van der Waals surface area contributed by atoms with Crippen LogP contribution in [0.2, 0.25) is 10.0 Å². The highest BCUT2D eigenvalue weighted by Gasteiger charge is 2.16. The molecule has 0 radical (unpaired) electrons. The van der Waals surface area contributed by atoms with Crippen LogP contribution in [0.25, 0.3) is 21.8 Å². The number of ether oxygens (including phenoxy) is 1. The van der Waals surface area contributed by atoms with Crippen LogP contribution < -0.4 is 0 Å². The predicted octanol–water partition coefficient (Wildman–Crippen LogP) is 6.04. The average Bonchev–Trinajstić information content (AvgIpc) is 2.71. The first-order valence-corrected chi connectivity index (χ1v) is 7.77. The smallest absolute Gasteiger partial charge is 0.132 e. The Morgan fingerprint density at radius 1 is 0.857 bits per heavy atom. The van der Waals surface area contributed by atoms with Gasteiger partial charge < -0.3 is 9.30 Å². The van der Waals surface area contributed by atoms with Crippen LogP contribution in [0.4, 0.5) is 0 Å². The molecule has 4 heteroatoms. The van der Waals surface area contributed by atoms with E-state index in [9.17, 15) is 0 Å². The number of hydrogen-bond acceptors (Lipinski definition) is 1. The van der Waals surface area contributed by atoms with E-state index in [1.165, 1.54) is 0 Å². The number of rotatable bonds is 3. The van der Waals surface area contributed by atoms with E-state index < -0.39 is 0 Å². The van der Waals surface area contributed by atoms with Crippen molar-refractivity contribution in [2.75, 3.05) is 0 Å². The third-order valence-corrected chi connectivity index (χ3v) is 4.03. The minimum Gasteiger partial charge on any atom is -0.356 e. The minimum absolute atomic E-state index is 0.0626. The summed E-state index contributed by atoms with van der Waals surface area (Å²) in [6.45, 7) is 6.14. The molecule has 3 aromatic rings. The van der Waals surface area contributed by atoms with Crippen molar-refractivity contribution in [2.45, 2.75) is 33.1 Å². The van der Waals surface area contributed by atoms with E-state index in [-0.39, 0.29) is 12.3 Å². The van der Waals surface area contributed by atoms with Crippen molar-refractivity contribution in [1.82, 2.24) is 4.57 Å². The van der Waals surface area contributed by atoms with Gasteiger partial charge in [0.15, 0.2) is 0 Å². The Labute approximate surface area is 134 Å². The van der Waals surface area contributed by atoms with Crippen LogP contribution in [0, 0.1) is 0 Å². The van der Waals surface area contributed by atoms with Crippen molar-refractivity contribution in [3.05, 3.63) is 46.4 Å². The summed E-state index contributed by atoms with van der Waals surface area (Å²) < 4.78 is 8.16. The van der Waals surface area contributed by atoms with Crippen LogP contribution >= 0.6 is 23.2 Å². The van der Waals surface area contributed by atoms with Gasteiger partial charge in [-0.2, -0.15) is 0 Å².